The summed E-state index contributed by atoms with van der Waals surface area (Å²) in [5.74, 6) is 0.366. The molecular formula is C5H15NOSi. The van der Waals surface area contributed by atoms with Crippen molar-refractivity contribution in [2.45, 2.75) is 20.8 Å². The zero-order chi connectivity index (χ0) is 5.86. The van der Waals surface area contributed by atoms with E-state index in [1.54, 1.807) is 6.92 Å². The second kappa shape index (κ2) is 4.84. The molecule has 2 nitrogen and oxygen atoms in total. The highest BCUT2D eigenvalue weighted by Crippen LogP contribution is 1.93. The third-order valence-corrected chi connectivity index (χ3v) is 0.993. The van der Waals surface area contributed by atoms with Gasteiger partial charge in [-0.2, -0.15) is 0 Å². The molecule has 0 aromatic carbocycles. The van der Waals surface area contributed by atoms with Gasteiger partial charge in [-0.25, -0.2) is 0 Å². The van der Waals surface area contributed by atoms with Gasteiger partial charge in [0.15, 0.2) is 0 Å². The molecule has 1 N–H and O–H groups in total. The lowest BCUT2D eigenvalue weighted by molar-refractivity contribution is 0.315. The first-order chi connectivity index (χ1) is 3.18. The molecule has 0 aromatic rings. The molecule has 0 atom stereocenters. The Morgan fingerprint density at radius 3 is 1.88 bits per heavy atom. The minimum absolute atomic E-state index is 0. The van der Waals surface area contributed by atoms with Crippen LogP contribution < -0.4 is 0 Å². The number of hydrogen-bond donors (Lipinski definition) is 1. The normalized spacial score (nSPS) is 11.2. The van der Waals surface area contributed by atoms with Gasteiger partial charge in [0, 0.05) is 0 Å². The van der Waals surface area contributed by atoms with E-state index in [4.69, 9.17) is 5.21 Å². The Kier molecular flexibility index (Phi) is 6.43. The summed E-state index contributed by atoms with van der Waals surface area (Å²) in [4.78, 5) is 0. The predicted molar refractivity (Wildman–Crippen MR) is 41.1 cm³/mol. The van der Waals surface area contributed by atoms with Gasteiger partial charge in [-0.1, -0.05) is 19.0 Å². The third-order valence-electron chi connectivity index (χ3n) is 0.993. The summed E-state index contributed by atoms with van der Waals surface area (Å²) in [7, 11) is 0. The van der Waals surface area contributed by atoms with Crippen molar-refractivity contribution in [3.05, 3.63) is 0 Å². The van der Waals surface area contributed by atoms with E-state index in [2.05, 4.69) is 5.16 Å². The van der Waals surface area contributed by atoms with E-state index in [0.29, 0.717) is 5.92 Å². The average molecular weight is 133 g/mol. The molecule has 0 fully saturated rings. The van der Waals surface area contributed by atoms with Crippen LogP contribution in [0.25, 0.3) is 0 Å². The van der Waals surface area contributed by atoms with Gasteiger partial charge in [0.2, 0.25) is 0 Å². The molecule has 0 aliphatic carbocycles. The first-order valence-electron chi connectivity index (χ1n) is 2.37. The van der Waals surface area contributed by atoms with Crippen LogP contribution in [-0.2, 0) is 0 Å². The Hall–Kier alpha value is -0.313. The SMILES string of the molecule is CC(=NO)C(C)C.[SiH4]. The maximum Gasteiger partial charge on any atom is 0.0565 e. The van der Waals surface area contributed by atoms with Crippen LogP contribution in [0, 0.1) is 5.92 Å². The molecule has 8 heavy (non-hydrogen) atoms. The van der Waals surface area contributed by atoms with Crippen LogP contribution in [0.2, 0.25) is 0 Å². The van der Waals surface area contributed by atoms with E-state index in [1.165, 1.54) is 0 Å². The van der Waals surface area contributed by atoms with Gasteiger partial charge in [0.05, 0.1) is 5.71 Å². The minimum Gasteiger partial charge on any atom is -0.411 e. The van der Waals surface area contributed by atoms with Gasteiger partial charge < -0.3 is 5.21 Å². The molecule has 0 heterocycles. The number of hydrogen-bond acceptors (Lipinski definition) is 2. The van der Waals surface area contributed by atoms with Gasteiger partial charge in [-0.05, 0) is 23.8 Å². The molecule has 0 spiro atoms. The van der Waals surface area contributed by atoms with Crippen molar-refractivity contribution in [1.82, 2.24) is 0 Å². The molecule has 0 rings (SSSR count). The lowest BCUT2D eigenvalue weighted by Crippen LogP contribution is -2.00. The fraction of sp³-hybridized carbons (Fsp3) is 0.800. The zero-order valence-corrected chi connectivity index (χ0v) is 4.97. The highest BCUT2D eigenvalue weighted by atomic mass is 28.1. The van der Waals surface area contributed by atoms with Crippen molar-refractivity contribution in [1.29, 1.82) is 0 Å². The van der Waals surface area contributed by atoms with Gasteiger partial charge in [-0.15, -0.1) is 0 Å². The van der Waals surface area contributed by atoms with E-state index in [0.717, 1.165) is 5.71 Å². The van der Waals surface area contributed by atoms with E-state index >= 15 is 0 Å². The molecule has 0 aliphatic heterocycles. The van der Waals surface area contributed by atoms with E-state index in [-0.39, 0.29) is 11.0 Å². The monoisotopic (exact) mass is 133 g/mol. The lowest BCUT2D eigenvalue weighted by Gasteiger charge is -1.96. The van der Waals surface area contributed by atoms with E-state index in [9.17, 15) is 0 Å². The molecule has 0 saturated carbocycles. The highest BCUT2D eigenvalue weighted by Gasteiger charge is 1.94. The summed E-state index contributed by atoms with van der Waals surface area (Å²) in [5, 5.41) is 11.1. The fourth-order valence-corrected chi connectivity index (χ4v) is 0.115. The smallest absolute Gasteiger partial charge is 0.0565 e. The Morgan fingerprint density at radius 2 is 1.88 bits per heavy atom. The molecule has 0 aliphatic rings. The second-order valence-electron chi connectivity index (χ2n) is 1.90. The quantitative estimate of drug-likeness (QED) is 0.233. The fourth-order valence-electron chi connectivity index (χ4n) is 0.115. The van der Waals surface area contributed by atoms with Crippen molar-refractivity contribution >= 4 is 16.7 Å². The minimum atomic E-state index is 0. The number of rotatable bonds is 1. The molecule has 0 unspecified atom stereocenters. The largest absolute Gasteiger partial charge is 0.411 e. The van der Waals surface area contributed by atoms with Crippen molar-refractivity contribution < 1.29 is 5.21 Å². The van der Waals surface area contributed by atoms with Crippen LogP contribution in [0.4, 0.5) is 0 Å². The molecule has 50 valence electrons. The van der Waals surface area contributed by atoms with Gasteiger partial charge in [-0.3, -0.25) is 0 Å². The van der Waals surface area contributed by atoms with Crippen molar-refractivity contribution in [2.75, 3.05) is 0 Å². The highest BCUT2D eigenvalue weighted by molar-refractivity contribution is 5.82. The number of nitrogens with zero attached hydrogens (tertiary/aromatic N) is 1. The Labute approximate surface area is 54.6 Å². The van der Waals surface area contributed by atoms with Crippen LogP contribution in [0.15, 0.2) is 5.16 Å². The summed E-state index contributed by atoms with van der Waals surface area (Å²) in [5.41, 5.74) is 0.778. The summed E-state index contributed by atoms with van der Waals surface area (Å²) in [6.45, 7) is 5.76. The van der Waals surface area contributed by atoms with Crippen LogP contribution >= 0.6 is 0 Å². The summed E-state index contributed by atoms with van der Waals surface area (Å²) >= 11 is 0. The molecule has 0 saturated heterocycles. The first-order valence-corrected chi connectivity index (χ1v) is 2.37. The maximum absolute atomic E-state index is 8.09. The summed E-state index contributed by atoms with van der Waals surface area (Å²) in [6.07, 6.45) is 0. The molecule has 0 amide bonds. The molecule has 0 bridgehead atoms. The Balaban J connectivity index is 0. The van der Waals surface area contributed by atoms with E-state index < -0.39 is 0 Å². The summed E-state index contributed by atoms with van der Waals surface area (Å²) < 4.78 is 0. The molecule has 3 heteroatoms. The van der Waals surface area contributed by atoms with E-state index in [1.807, 2.05) is 13.8 Å². The molecular weight excluding hydrogens is 118 g/mol. The summed E-state index contributed by atoms with van der Waals surface area (Å²) in [6, 6.07) is 0. The van der Waals surface area contributed by atoms with Crippen LogP contribution in [0.3, 0.4) is 0 Å². The van der Waals surface area contributed by atoms with Gasteiger partial charge in [0.25, 0.3) is 0 Å². The van der Waals surface area contributed by atoms with Gasteiger partial charge >= 0.3 is 0 Å². The molecule has 0 radical (unpaired) electrons. The van der Waals surface area contributed by atoms with Crippen LogP contribution in [-0.4, -0.2) is 21.9 Å². The lowest BCUT2D eigenvalue weighted by atomic mass is 10.1. The zero-order valence-electron chi connectivity index (χ0n) is 4.97. The topological polar surface area (TPSA) is 32.6 Å². The van der Waals surface area contributed by atoms with Crippen LogP contribution in [0.5, 0.6) is 0 Å². The third kappa shape index (κ3) is 3.86. The van der Waals surface area contributed by atoms with Crippen LogP contribution in [0.1, 0.15) is 20.8 Å². The standard InChI is InChI=1S/C5H11NO.H4Si/c1-4(2)5(3)6-7;/h4,7H,1-3H3;1H4. The number of oxime groups is 1. The first kappa shape index (κ1) is 10.6. The van der Waals surface area contributed by atoms with Crippen molar-refractivity contribution in [2.24, 2.45) is 11.1 Å². The molecule has 0 aromatic heterocycles. The second-order valence-corrected chi connectivity index (χ2v) is 1.90. The van der Waals surface area contributed by atoms with Crippen molar-refractivity contribution in [3.8, 4) is 0 Å². The van der Waals surface area contributed by atoms with Gasteiger partial charge in [0.1, 0.15) is 0 Å². The maximum atomic E-state index is 8.09. The Morgan fingerprint density at radius 1 is 1.50 bits per heavy atom. The average Bonchev–Trinajstić information content (AvgIpc) is 1.65. The Bertz CT molecular complexity index is 80.5. The predicted octanol–water partition coefficient (Wildman–Crippen LogP) is 0.0409. The van der Waals surface area contributed by atoms with Crippen molar-refractivity contribution in [3.63, 3.8) is 0 Å².